The minimum atomic E-state index is -3.11. The average molecular weight is 310 g/mol. The molecule has 1 N–H and O–H groups in total. The number of nitrogens with one attached hydrogen (secondary N) is 1. The number of aryl methyl sites for hydroxylation is 1. The molecule has 1 saturated heterocycles. The molecular weight excluding hydrogens is 288 g/mol. The highest BCUT2D eigenvalue weighted by Gasteiger charge is 2.27. The lowest BCUT2D eigenvalue weighted by Crippen LogP contribution is -2.44. The van der Waals surface area contributed by atoms with Crippen LogP contribution in [0.5, 0.6) is 0 Å². The third-order valence-corrected chi connectivity index (χ3v) is 5.63. The van der Waals surface area contributed by atoms with Gasteiger partial charge in [0.05, 0.1) is 12.5 Å². The minimum Gasteiger partial charge on any atom is -0.364 e. The smallest absolute Gasteiger partial charge is 0.211 e. The predicted molar refractivity (Wildman–Crippen MR) is 81.7 cm³/mol. The van der Waals surface area contributed by atoms with Crippen molar-refractivity contribution in [3.05, 3.63) is 17.3 Å². The Morgan fingerprint density at radius 2 is 2.10 bits per heavy atom. The van der Waals surface area contributed by atoms with Crippen molar-refractivity contribution in [2.45, 2.75) is 44.6 Å². The molecule has 2 heterocycles. The van der Waals surface area contributed by atoms with E-state index in [1.54, 1.807) is 4.31 Å². The van der Waals surface area contributed by atoms with Crippen LogP contribution in [-0.2, 0) is 22.9 Å². The maximum atomic E-state index is 11.7. The van der Waals surface area contributed by atoms with Crippen molar-refractivity contribution in [1.82, 2.24) is 14.5 Å². The van der Waals surface area contributed by atoms with Gasteiger partial charge in [0.25, 0.3) is 0 Å². The summed E-state index contributed by atoms with van der Waals surface area (Å²) in [5.74, 6) is 0.854. The van der Waals surface area contributed by atoms with E-state index in [1.165, 1.54) is 30.2 Å². The molecule has 0 aromatic carbocycles. The zero-order valence-electron chi connectivity index (χ0n) is 12.4. The van der Waals surface area contributed by atoms with Crippen molar-refractivity contribution in [1.29, 1.82) is 0 Å². The second-order valence-electron chi connectivity index (χ2n) is 6.01. The summed E-state index contributed by atoms with van der Waals surface area (Å²) in [5.41, 5.74) is 2.56. The van der Waals surface area contributed by atoms with Crippen LogP contribution < -0.4 is 5.32 Å². The number of aromatic nitrogens is 2. The van der Waals surface area contributed by atoms with E-state index in [-0.39, 0.29) is 6.04 Å². The molecule has 116 valence electrons. The molecule has 1 aromatic rings. The van der Waals surface area contributed by atoms with Crippen molar-refractivity contribution in [3.63, 3.8) is 0 Å². The van der Waals surface area contributed by atoms with Gasteiger partial charge in [0.1, 0.15) is 0 Å². The predicted octanol–water partition coefficient (Wildman–Crippen LogP) is 1.19. The lowest BCUT2D eigenvalue weighted by atomic mass is 9.93. The lowest BCUT2D eigenvalue weighted by Gasteiger charge is -2.32. The van der Waals surface area contributed by atoms with Gasteiger partial charge in [-0.1, -0.05) is 0 Å². The SMILES string of the molecule is CS(=O)(=O)N1CCCC(Nc2nncc3c2CCCC3)C1. The Bertz CT molecular complexity index is 617. The molecule has 0 bridgehead atoms. The van der Waals surface area contributed by atoms with E-state index in [0.29, 0.717) is 13.1 Å². The average Bonchev–Trinajstić information content (AvgIpc) is 2.47. The Balaban J connectivity index is 1.75. The maximum Gasteiger partial charge on any atom is 0.211 e. The van der Waals surface area contributed by atoms with E-state index < -0.39 is 10.0 Å². The number of fused-ring (bicyclic) bond motifs is 1. The van der Waals surface area contributed by atoms with Gasteiger partial charge in [0.15, 0.2) is 5.82 Å². The summed E-state index contributed by atoms with van der Waals surface area (Å²) >= 11 is 0. The zero-order chi connectivity index (χ0) is 14.9. The highest BCUT2D eigenvalue weighted by molar-refractivity contribution is 7.88. The van der Waals surface area contributed by atoms with Crippen LogP contribution >= 0.6 is 0 Å². The van der Waals surface area contributed by atoms with Crippen molar-refractivity contribution < 1.29 is 8.42 Å². The Hall–Kier alpha value is -1.21. The Morgan fingerprint density at radius 1 is 1.29 bits per heavy atom. The van der Waals surface area contributed by atoms with E-state index >= 15 is 0 Å². The maximum absolute atomic E-state index is 11.7. The van der Waals surface area contributed by atoms with Gasteiger partial charge in [0, 0.05) is 24.7 Å². The second kappa shape index (κ2) is 5.88. The minimum absolute atomic E-state index is 0.121. The molecule has 3 rings (SSSR count). The Morgan fingerprint density at radius 3 is 2.90 bits per heavy atom. The van der Waals surface area contributed by atoms with Gasteiger partial charge >= 0.3 is 0 Å². The third-order valence-electron chi connectivity index (χ3n) is 4.36. The molecule has 1 atom stereocenters. The number of hydrogen-bond acceptors (Lipinski definition) is 5. The monoisotopic (exact) mass is 310 g/mol. The summed E-state index contributed by atoms with van der Waals surface area (Å²) in [6.07, 6.45) is 9.50. The molecule has 6 nitrogen and oxygen atoms in total. The van der Waals surface area contributed by atoms with Crippen molar-refractivity contribution in [2.24, 2.45) is 0 Å². The number of anilines is 1. The molecule has 1 aliphatic heterocycles. The van der Waals surface area contributed by atoms with Crippen LogP contribution in [-0.4, -0.2) is 48.3 Å². The summed E-state index contributed by atoms with van der Waals surface area (Å²) in [5, 5.41) is 11.8. The summed E-state index contributed by atoms with van der Waals surface area (Å²) in [7, 11) is -3.11. The summed E-state index contributed by atoms with van der Waals surface area (Å²) in [6.45, 7) is 1.14. The molecular formula is C14H22N4O2S. The fourth-order valence-corrected chi connectivity index (χ4v) is 4.14. The third kappa shape index (κ3) is 3.35. The van der Waals surface area contributed by atoms with Crippen LogP contribution in [0.3, 0.4) is 0 Å². The highest BCUT2D eigenvalue weighted by atomic mass is 32.2. The fraction of sp³-hybridized carbons (Fsp3) is 0.714. The molecule has 0 amide bonds. The van der Waals surface area contributed by atoms with E-state index in [2.05, 4.69) is 15.5 Å². The lowest BCUT2D eigenvalue weighted by molar-refractivity contribution is 0.328. The van der Waals surface area contributed by atoms with Crippen LogP contribution in [0.2, 0.25) is 0 Å². The van der Waals surface area contributed by atoms with Crippen LogP contribution in [0.15, 0.2) is 6.20 Å². The molecule has 0 radical (unpaired) electrons. The summed E-state index contributed by atoms with van der Waals surface area (Å²) < 4.78 is 24.9. The zero-order valence-corrected chi connectivity index (χ0v) is 13.2. The number of sulfonamides is 1. The highest BCUT2D eigenvalue weighted by Crippen LogP contribution is 2.26. The molecule has 1 fully saturated rings. The van der Waals surface area contributed by atoms with Gasteiger partial charge in [-0.15, -0.1) is 5.10 Å². The van der Waals surface area contributed by atoms with Crippen molar-refractivity contribution >= 4 is 15.8 Å². The van der Waals surface area contributed by atoms with Crippen LogP contribution in [0.25, 0.3) is 0 Å². The van der Waals surface area contributed by atoms with Crippen molar-refractivity contribution in [2.75, 3.05) is 24.7 Å². The van der Waals surface area contributed by atoms with Gasteiger partial charge in [-0.25, -0.2) is 12.7 Å². The normalized spacial score (nSPS) is 23.6. The summed E-state index contributed by atoms with van der Waals surface area (Å²) in [4.78, 5) is 0. The van der Waals surface area contributed by atoms with Crippen LogP contribution in [0, 0.1) is 0 Å². The van der Waals surface area contributed by atoms with Gasteiger partial charge in [0.2, 0.25) is 10.0 Å². The topological polar surface area (TPSA) is 75.2 Å². The molecule has 2 aliphatic rings. The first-order valence-electron chi connectivity index (χ1n) is 7.59. The number of piperidine rings is 1. The molecule has 1 aliphatic carbocycles. The quantitative estimate of drug-likeness (QED) is 0.907. The van der Waals surface area contributed by atoms with Gasteiger partial charge < -0.3 is 5.32 Å². The first kappa shape index (κ1) is 14.7. The van der Waals surface area contributed by atoms with E-state index in [0.717, 1.165) is 31.5 Å². The van der Waals surface area contributed by atoms with E-state index in [1.807, 2.05) is 6.20 Å². The van der Waals surface area contributed by atoms with E-state index in [9.17, 15) is 8.42 Å². The Labute approximate surface area is 126 Å². The molecule has 0 saturated carbocycles. The first-order valence-corrected chi connectivity index (χ1v) is 9.44. The second-order valence-corrected chi connectivity index (χ2v) is 7.99. The molecule has 1 unspecified atom stereocenters. The molecule has 1 aromatic heterocycles. The first-order chi connectivity index (χ1) is 10.0. The number of hydrogen-bond donors (Lipinski definition) is 1. The molecule has 7 heteroatoms. The number of nitrogens with zero attached hydrogens (tertiary/aromatic N) is 3. The molecule has 21 heavy (non-hydrogen) atoms. The van der Waals surface area contributed by atoms with Crippen LogP contribution in [0.4, 0.5) is 5.82 Å². The van der Waals surface area contributed by atoms with E-state index in [4.69, 9.17) is 0 Å². The summed E-state index contributed by atoms with van der Waals surface area (Å²) in [6, 6.07) is 0.121. The largest absolute Gasteiger partial charge is 0.364 e. The Kier molecular flexibility index (Phi) is 4.12. The van der Waals surface area contributed by atoms with Gasteiger partial charge in [-0.2, -0.15) is 5.10 Å². The van der Waals surface area contributed by atoms with Gasteiger partial charge in [-0.05, 0) is 44.1 Å². The standard InChI is InChI=1S/C14H22N4O2S/c1-21(19,20)18-8-4-6-12(10-18)16-14-13-7-3-2-5-11(13)9-15-17-14/h9,12H,2-8,10H2,1H3,(H,16,17). The fourth-order valence-electron chi connectivity index (χ4n) is 3.23. The van der Waals surface area contributed by atoms with Crippen molar-refractivity contribution in [3.8, 4) is 0 Å². The van der Waals surface area contributed by atoms with Crippen LogP contribution in [0.1, 0.15) is 36.8 Å². The number of rotatable bonds is 3. The molecule has 0 spiro atoms. The van der Waals surface area contributed by atoms with Gasteiger partial charge in [-0.3, -0.25) is 0 Å².